The van der Waals surface area contributed by atoms with Crippen LogP contribution in [-0.2, 0) is 26.2 Å². The highest BCUT2D eigenvalue weighted by Gasteiger charge is 2.35. The molecule has 1 N–H and O–H groups in total. The number of hydrogen-bond donors (Lipinski definition) is 1. The Morgan fingerprint density at radius 2 is 1.39 bits per heavy atom. The van der Waals surface area contributed by atoms with E-state index in [1.54, 1.807) is 43.3 Å². The van der Waals surface area contributed by atoms with Crippen molar-refractivity contribution >= 4 is 27.5 Å². The molecule has 0 saturated carbocycles. The number of rotatable bonds is 14. The Kier molecular flexibility index (Phi) is 11.8. The number of ether oxygens (including phenoxy) is 5. The van der Waals surface area contributed by atoms with Crippen LogP contribution in [0.15, 0.2) is 65.6 Å². The van der Waals surface area contributed by atoms with E-state index in [1.807, 2.05) is 20.8 Å². The first-order valence-electron chi connectivity index (χ1n) is 14.4. The van der Waals surface area contributed by atoms with Crippen LogP contribution >= 0.6 is 0 Å². The zero-order valence-corrected chi connectivity index (χ0v) is 28.6. The molecule has 0 aromatic heterocycles. The fourth-order valence-corrected chi connectivity index (χ4v) is 6.07. The van der Waals surface area contributed by atoms with Gasteiger partial charge in [-0.05, 0) is 69.7 Å². The zero-order valence-electron chi connectivity index (χ0n) is 27.7. The summed E-state index contributed by atoms with van der Waals surface area (Å²) in [4.78, 5) is 28.9. The summed E-state index contributed by atoms with van der Waals surface area (Å²) in [7, 11) is 2.72. The quantitative estimate of drug-likeness (QED) is 0.270. The molecule has 0 aliphatic rings. The number of nitrogens with zero attached hydrogens (tertiary/aromatic N) is 2. The summed E-state index contributed by atoms with van der Waals surface area (Å²) >= 11 is 0. The summed E-state index contributed by atoms with van der Waals surface area (Å²) in [5, 5.41) is 2.91. The highest BCUT2D eigenvalue weighted by atomic mass is 32.2. The number of amides is 2. The van der Waals surface area contributed by atoms with Crippen molar-refractivity contribution in [3.63, 3.8) is 0 Å². The molecule has 0 saturated heterocycles. The van der Waals surface area contributed by atoms with Crippen LogP contribution in [0.1, 0.15) is 33.3 Å². The molecular weight excluding hydrogens is 614 g/mol. The molecule has 3 rings (SSSR count). The highest BCUT2D eigenvalue weighted by molar-refractivity contribution is 7.92. The van der Waals surface area contributed by atoms with Gasteiger partial charge >= 0.3 is 0 Å². The number of hydrogen-bond acceptors (Lipinski definition) is 9. The van der Waals surface area contributed by atoms with Gasteiger partial charge < -0.3 is 33.9 Å². The van der Waals surface area contributed by atoms with E-state index in [9.17, 15) is 18.0 Å². The Labute approximate surface area is 271 Å². The van der Waals surface area contributed by atoms with E-state index in [0.29, 0.717) is 22.8 Å². The van der Waals surface area contributed by atoms with Gasteiger partial charge in [-0.25, -0.2) is 8.42 Å². The smallest absolute Gasteiger partial charge is 0.265 e. The number of nitrogens with one attached hydrogen (secondary N) is 1. The summed E-state index contributed by atoms with van der Waals surface area (Å²) < 4.78 is 56.7. The maximum absolute atomic E-state index is 14.4. The summed E-state index contributed by atoms with van der Waals surface area (Å²) in [5.41, 5.74) is 0.154. The number of anilines is 1. The number of carbonyl (C=O) groups excluding carboxylic acids is 2. The minimum Gasteiger partial charge on any atom is -0.497 e. The van der Waals surface area contributed by atoms with E-state index in [1.165, 1.54) is 64.7 Å². The summed E-state index contributed by atoms with van der Waals surface area (Å²) in [5.74, 6) is 0.531. The van der Waals surface area contributed by atoms with Crippen LogP contribution in [0.25, 0.3) is 0 Å². The molecule has 250 valence electrons. The molecule has 0 radical (unpaired) electrons. The highest BCUT2D eigenvalue weighted by Crippen LogP contribution is 2.38. The van der Waals surface area contributed by atoms with Crippen LogP contribution in [0.3, 0.4) is 0 Å². The van der Waals surface area contributed by atoms with Gasteiger partial charge in [0.15, 0.2) is 11.5 Å². The van der Waals surface area contributed by atoms with Crippen LogP contribution in [0, 0.1) is 0 Å². The second-order valence-electron chi connectivity index (χ2n) is 11.4. The Bertz CT molecular complexity index is 1640. The van der Waals surface area contributed by atoms with Crippen molar-refractivity contribution in [1.82, 2.24) is 10.2 Å². The maximum atomic E-state index is 14.4. The lowest BCUT2D eigenvalue weighted by molar-refractivity contribution is -0.140. The molecule has 0 bridgehead atoms. The monoisotopic (exact) mass is 657 g/mol. The third-order valence-corrected chi connectivity index (χ3v) is 8.78. The first-order chi connectivity index (χ1) is 21.7. The number of carbonyl (C=O) groups is 2. The van der Waals surface area contributed by atoms with Crippen LogP contribution in [0.4, 0.5) is 5.69 Å². The number of sulfonamides is 1. The van der Waals surface area contributed by atoms with E-state index in [4.69, 9.17) is 23.7 Å². The van der Waals surface area contributed by atoms with Gasteiger partial charge in [0.25, 0.3) is 10.0 Å². The van der Waals surface area contributed by atoms with E-state index >= 15 is 0 Å². The molecule has 46 heavy (non-hydrogen) atoms. The van der Waals surface area contributed by atoms with Crippen molar-refractivity contribution in [3.05, 3.63) is 66.2 Å². The fraction of sp³-hybridized carbons (Fsp3) is 0.394. The summed E-state index contributed by atoms with van der Waals surface area (Å²) in [6.07, 6.45) is 0. The van der Waals surface area contributed by atoms with E-state index < -0.39 is 40.0 Å². The standard InChI is InChI=1S/C33H43N3O9S/c1-22(32(38)34-33(2,3)4)35(20-23-11-10-12-24(17-23)41-5)31(37)21-36(27-18-25(42-6)13-15-28(27)43-7)46(39,40)26-14-16-29(44-8)30(19-26)45-9/h10-19,22H,20-21H2,1-9H3,(H,34,38). The lowest BCUT2D eigenvalue weighted by Gasteiger charge is -2.34. The summed E-state index contributed by atoms with van der Waals surface area (Å²) in [6, 6.07) is 14.8. The van der Waals surface area contributed by atoms with Crippen molar-refractivity contribution in [1.29, 1.82) is 0 Å². The number of methoxy groups -OCH3 is 5. The van der Waals surface area contributed by atoms with E-state index in [-0.39, 0.29) is 28.6 Å². The largest absolute Gasteiger partial charge is 0.497 e. The summed E-state index contributed by atoms with van der Waals surface area (Å²) in [6.45, 7) is 6.40. The molecule has 12 nitrogen and oxygen atoms in total. The van der Waals surface area contributed by atoms with Crippen LogP contribution < -0.4 is 33.3 Å². The third kappa shape index (κ3) is 8.53. The fourth-order valence-electron chi connectivity index (χ4n) is 4.63. The van der Waals surface area contributed by atoms with Crippen molar-refractivity contribution in [2.75, 3.05) is 46.4 Å². The molecule has 1 unspecified atom stereocenters. The zero-order chi connectivity index (χ0) is 34.2. The van der Waals surface area contributed by atoms with Crippen molar-refractivity contribution in [2.45, 2.75) is 50.7 Å². The molecule has 3 aromatic rings. The SMILES string of the molecule is COc1cccc(CN(C(=O)CN(c2cc(OC)ccc2OC)S(=O)(=O)c2ccc(OC)c(OC)c2)C(C)C(=O)NC(C)(C)C)c1. The first kappa shape index (κ1) is 35.8. The molecule has 0 spiro atoms. The minimum absolute atomic E-state index is 0.00570. The van der Waals surface area contributed by atoms with Gasteiger partial charge in [0, 0.05) is 24.2 Å². The van der Waals surface area contributed by atoms with E-state index in [2.05, 4.69) is 5.32 Å². The maximum Gasteiger partial charge on any atom is 0.265 e. The minimum atomic E-state index is -4.46. The molecule has 1 atom stereocenters. The molecule has 2 amide bonds. The second-order valence-corrected chi connectivity index (χ2v) is 13.2. The Morgan fingerprint density at radius 3 is 1.98 bits per heavy atom. The van der Waals surface area contributed by atoms with Gasteiger partial charge in [-0.1, -0.05) is 12.1 Å². The lowest BCUT2D eigenvalue weighted by Crippen LogP contribution is -2.54. The van der Waals surface area contributed by atoms with Gasteiger partial charge in [-0.15, -0.1) is 0 Å². The molecule has 13 heteroatoms. The lowest BCUT2D eigenvalue weighted by atomic mass is 10.1. The normalized spacial score (nSPS) is 12.0. The van der Waals surface area contributed by atoms with Crippen molar-refractivity contribution in [3.8, 4) is 28.7 Å². The average molecular weight is 658 g/mol. The molecule has 0 aliphatic heterocycles. The molecule has 0 aliphatic carbocycles. The van der Waals surface area contributed by atoms with Gasteiger partial charge in [-0.3, -0.25) is 13.9 Å². The van der Waals surface area contributed by atoms with Gasteiger partial charge in [-0.2, -0.15) is 0 Å². The van der Waals surface area contributed by atoms with Gasteiger partial charge in [0.1, 0.15) is 29.8 Å². The molecule has 3 aromatic carbocycles. The Morgan fingerprint density at radius 1 is 0.783 bits per heavy atom. The molecule has 0 heterocycles. The van der Waals surface area contributed by atoms with E-state index in [0.717, 1.165) is 4.31 Å². The third-order valence-electron chi connectivity index (χ3n) is 7.03. The van der Waals surface area contributed by atoms with Gasteiger partial charge in [0.2, 0.25) is 11.8 Å². The Balaban J connectivity index is 2.19. The molecule has 0 fully saturated rings. The second kappa shape index (κ2) is 15.1. The molecular formula is C33H43N3O9S. The van der Waals surface area contributed by atoms with Crippen molar-refractivity contribution in [2.24, 2.45) is 0 Å². The van der Waals surface area contributed by atoms with Crippen LogP contribution in [0.5, 0.6) is 28.7 Å². The van der Waals surface area contributed by atoms with Crippen LogP contribution in [-0.4, -0.2) is 78.8 Å². The number of benzene rings is 3. The van der Waals surface area contributed by atoms with Crippen LogP contribution in [0.2, 0.25) is 0 Å². The predicted octanol–water partition coefficient (Wildman–Crippen LogP) is 4.26. The Hall–Kier alpha value is -4.65. The van der Waals surface area contributed by atoms with Gasteiger partial charge in [0.05, 0.1) is 46.1 Å². The first-order valence-corrected chi connectivity index (χ1v) is 15.8. The topological polar surface area (TPSA) is 133 Å². The average Bonchev–Trinajstić information content (AvgIpc) is 3.04. The van der Waals surface area contributed by atoms with Crippen molar-refractivity contribution < 1.29 is 41.7 Å². The predicted molar refractivity (Wildman–Crippen MR) is 175 cm³/mol.